The first kappa shape index (κ1) is 22.7. The number of carbonyl (C=O) groups excluding carboxylic acids is 1. The van der Waals surface area contributed by atoms with Crippen molar-refractivity contribution < 1.29 is 26.4 Å². The van der Waals surface area contributed by atoms with E-state index in [0.29, 0.717) is 18.9 Å². The summed E-state index contributed by atoms with van der Waals surface area (Å²) in [6.07, 6.45) is 0. The van der Waals surface area contributed by atoms with Crippen LogP contribution in [0.3, 0.4) is 0 Å². The van der Waals surface area contributed by atoms with E-state index in [1.54, 1.807) is 24.3 Å². The van der Waals surface area contributed by atoms with E-state index in [1.807, 2.05) is 6.92 Å². The number of aryl methyl sites for hydroxylation is 1. The number of hydrogen-bond donors (Lipinski definition) is 2. The molecule has 0 atom stereocenters. The van der Waals surface area contributed by atoms with Gasteiger partial charge in [0.25, 0.3) is 15.9 Å². The number of anilines is 1. The lowest BCUT2D eigenvalue weighted by Crippen LogP contribution is -2.43. The van der Waals surface area contributed by atoms with Crippen LogP contribution in [-0.4, -0.2) is 65.6 Å². The number of carbonyl (C=O) groups is 1. The van der Waals surface area contributed by atoms with Crippen LogP contribution in [0.25, 0.3) is 0 Å². The number of thiophene rings is 1. The molecule has 0 radical (unpaired) electrons. The molecule has 9 nitrogen and oxygen atoms in total. The molecule has 1 saturated heterocycles. The van der Waals surface area contributed by atoms with Crippen LogP contribution in [0.2, 0.25) is 0 Å². The average Bonchev–Trinajstić information content (AvgIpc) is 3.21. The maximum Gasteiger partial charge on any atom is 0.263 e. The lowest BCUT2D eigenvalue weighted by molar-refractivity contribution is 0.0730. The molecule has 1 aromatic heterocycles. The van der Waals surface area contributed by atoms with Crippen molar-refractivity contribution >= 4 is 43.0 Å². The second-order valence-corrected chi connectivity index (χ2v) is 11.3. The molecule has 12 heteroatoms. The minimum absolute atomic E-state index is 0.00150. The number of benzene rings is 1. The quantitative estimate of drug-likeness (QED) is 0.595. The molecule has 1 aliphatic heterocycles. The van der Waals surface area contributed by atoms with Crippen molar-refractivity contribution in [3.8, 4) is 0 Å². The molecule has 1 amide bonds. The first-order chi connectivity index (χ1) is 14.2. The van der Waals surface area contributed by atoms with E-state index in [2.05, 4.69) is 10.0 Å². The smallest absolute Gasteiger partial charge is 0.263 e. The summed E-state index contributed by atoms with van der Waals surface area (Å²) >= 11 is 0.976. The van der Waals surface area contributed by atoms with Crippen molar-refractivity contribution in [3.05, 3.63) is 46.2 Å². The third-order valence-electron chi connectivity index (χ3n) is 4.44. The topological polar surface area (TPSA) is 122 Å². The van der Waals surface area contributed by atoms with Gasteiger partial charge in [0.05, 0.1) is 19.0 Å². The first-order valence-electron chi connectivity index (χ1n) is 9.20. The highest BCUT2D eigenvalue weighted by Gasteiger charge is 2.26. The van der Waals surface area contributed by atoms with Gasteiger partial charge in [-0.05, 0) is 30.5 Å². The molecule has 2 N–H and O–H groups in total. The van der Waals surface area contributed by atoms with E-state index < -0.39 is 26.0 Å². The van der Waals surface area contributed by atoms with Crippen molar-refractivity contribution in [2.75, 3.05) is 43.3 Å². The fourth-order valence-electron chi connectivity index (χ4n) is 2.83. The minimum atomic E-state index is -3.97. The zero-order chi connectivity index (χ0) is 21.8. The second kappa shape index (κ2) is 9.43. The summed E-state index contributed by atoms with van der Waals surface area (Å²) in [5.41, 5.74) is 1.37. The zero-order valence-corrected chi connectivity index (χ0v) is 18.8. The largest absolute Gasteiger partial charge is 0.379 e. The second-order valence-electron chi connectivity index (χ2n) is 6.67. The number of rotatable bonds is 8. The fraction of sp³-hybridized carbons (Fsp3) is 0.389. The standard InChI is InChI=1S/C18H23N3O6S3/c1-14-2-4-15(5-3-14)20-30(25,26)16-6-12-28-17(16)18(22)19-7-13-29(23,24)21-8-10-27-11-9-21/h2-6,12,20H,7-11,13H2,1H3,(H,19,22). The maximum absolute atomic E-state index is 12.7. The molecule has 0 saturated carbocycles. The number of nitrogens with one attached hydrogen (secondary N) is 2. The van der Waals surface area contributed by atoms with Gasteiger partial charge in [-0.2, -0.15) is 4.31 Å². The molecule has 164 valence electrons. The van der Waals surface area contributed by atoms with Crippen molar-refractivity contribution in [2.24, 2.45) is 0 Å². The average molecular weight is 474 g/mol. The zero-order valence-electron chi connectivity index (χ0n) is 16.3. The highest BCUT2D eigenvalue weighted by Crippen LogP contribution is 2.24. The lowest BCUT2D eigenvalue weighted by Gasteiger charge is -2.26. The predicted molar refractivity (Wildman–Crippen MR) is 115 cm³/mol. The Balaban J connectivity index is 1.63. The summed E-state index contributed by atoms with van der Waals surface area (Å²) < 4.78 is 59.0. The Morgan fingerprint density at radius 3 is 2.43 bits per heavy atom. The number of sulfonamides is 2. The molecular weight excluding hydrogens is 450 g/mol. The third kappa shape index (κ3) is 5.58. The summed E-state index contributed by atoms with van der Waals surface area (Å²) in [6, 6.07) is 8.16. The summed E-state index contributed by atoms with van der Waals surface area (Å²) in [4.78, 5) is 12.4. The monoisotopic (exact) mass is 473 g/mol. The summed E-state index contributed by atoms with van der Waals surface area (Å²) in [6.45, 7) is 3.02. The Bertz CT molecular complexity index is 1090. The molecule has 1 aromatic carbocycles. The highest BCUT2D eigenvalue weighted by atomic mass is 32.2. The Morgan fingerprint density at radius 2 is 1.77 bits per heavy atom. The molecule has 1 aliphatic rings. The number of hydrogen-bond acceptors (Lipinski definition) is 7. The van der Waals surface area contributed by atoms with Gasteiger partial charge in [-0.15, -0.1) is 11.3 Å². The molecule has 1 fully saturated rings. The molecule has 30 heavy (non-hydrogen) atoms. The Hall–Kier alpha value is -1.99. The summed E-state index contributed by atoms with van der Waals surface area (Å²) in [7, 11) is -7.49. The Labute approximate surface area is 180 Å². The van der Waals surface area contributed by atoms with Crippen molar-refractivity contribution in [2.45, 2.75) is 11.8 Å². The van der Waals surface area contributed by atoms with Crippen LogP contribution in [-0.2, 0) is 24.8 Å². The SMILES string of the molecule is Cc1ccc(NS(=O)(=O)c2ccsc2C(=O)NCCS(=O)(=O)N2CCOCC2)cc1. The predicted octanol–water partition coefficient (Wildman–Crippen LogP) is 1.25. The van der Waals surface area contributed by atoms with Crippen molar-refractivity contribution in [1.82, 2.24) is 9.62 Å². The van der Waals surface area contributed by atoms with E-state index >= 15 is 0 Å². The van der Waals surface area contributed by atoms with Gasteiger partial charge < -0.3 is 10.1 Å². The van der Waals surface area contributed by atoms with E-state index in [0.717, 1.165) is 16.9 Å². The minimum Gasteiger partial charge on any atom is -0.379 e. The molecule has 3 rings (SSSR count). The Kier molecular flexibility index (Phi) is 7.14. The number of ether oxygens (including phenoxy) is 1. The molecule has 2 heterocycles. The van der Waals surface area contributed by atoms with Crippen LogP contribution >= 0.6 is 11.3 Å². The first-order valence-corrected chi connectivity index (χ1v) is 13.2. The maximum atomic E-state index is 12.7. The van der Waals surface area contributed by atoms with Gasteiger partial charge in [0.2, 0.25) is 10.0 Å². The van der Waals surface area contributed by atoms with Gasteiger partial charge in [-0.25, -0.2) is 16.8 Å². The van der Waals surface area contributed by atoms with Crippen molar-refractivity contribution in [3.63, 3.8) is 0 Å². The van der Waals surface area contributed by atoms with Gasteiger partial charge in [-0.3, -0.25) is 9.52 Å². The highest BCUT2D eigenvalue weighted by molar-refractivity contribution is 7.93. The molecule has 2 aromatic rings. The molecular formula is C18H23N3O6S3. The van der Waals surface area contributed by atoms with E-state index in [4.69, 9.17) is 4.74 Å². The van der Waals surface area contributed by atoms with Gasteiger partial charge >= 0.3 is 0 Å². The Morgan fingerprint density at radius 1 is 1.10 bits per heavy atom. The van der Waals surface area contributed by atoms with Gasteiger partial charge in [-0.1, -0.05) is 17.7 Å². The molecule has 0 aliphatic carbocycles. The molecule has 0 spiro atoms. The van der Waals surface area contributed by atoms with Gasteiger partial charge in [0, 0.05) is 25.3 Å². The van der Waals surface area contributed by atoms with Crippen LogP contribution < -0.4 is 10.0 Å². The normalized spacial score (nSPS) is 15.6. The van der Waals surface area contributed by atoms with Gasteiger partial charge in [0.15, 0.2) is 0 Å². The van der Waals surface area contributed by atoms with E-state index in [9.17, 15) is 21.6 Å². The van der Waals surface area contributed by atoms with E-state index in [-0.39, 0.29) is 35.2 Å². The van der Waals surface area contributed by atoms with Gasteiger partial charge in [0.1, 0.15) is 9.77 Å². The summed E-state index contributed by atoms with van der Waals surface area (Å²) in [5.74, 6) is -0.903. The lowest BCUT2D eigenvalue weighted by atomic mass is 10.2. The fourth-order valence-corrected chi connectivity index (χ4v) is 6.56. The van der Waals surface area contributed by atoms with Crippen molar-refractivity contribution in [1.29, 1.82) is 0 Å². The number of morpholine rings is 1. The van der Waals surface area contributed by atoms with Crippen LogP contribution in [0, 0.1) is 6.92 Å². The molecule has 0 unspecified atom stereocenters. The summed E-state index contributed by atoms with van der Waals surface area (Å²) in [5, 5.41) is 4.01. The van der Waals surface area contributed by atoms with Crippen LogP contribution in [0.4, 0.5) is 5.69 Å². The number of nitrogens with zero attached hydrogens (tertiary/aromatic N) is 1. The molecule has 0 bridgehead atoms. The third-order valence-corrected chi connectivity index (χ3v) is 8.78. The van der Waals surface area contributed by atoms with Crippen LogP contribution in [0.5, 0.6) is 0 Å². The van der Waals surface area contributed by atoms with Crippen LogP contribution in [0.1, 0.15) is 15.2 Å². The van der Waals surface area contributed by atoms with Crippen LogP contribution in [0.15, 0.2) is 40.6 Å². The van der Waals surface area contributed by atoms with E-state index in [1.165, 1.54) is 15.8 Å². The number of amides is 1.